The van der Waals surface area contributed by atoms with E-state index in [1.807, 2.05) is 18.2 Å². The number of carbonyl (C=O) groups is 1. The Balaban J connectivity index is 1.69. The zero-order chi connectivity index (χ0) is 15.9. The van der Waals surface area contributed by atoms with Crippen LogP contribution in [0.15, 0.2) is 18.2 Å². The molecule has 0 radical (unpaired) electrons. The molecule has 1 aromatic carbocycles. The van der Waals surface area contributed by atoms with E-state index in [2.05, 4.69) is 5.32 Å². The zero-order valence-electron chi connectivity index (χ0n) is 12.4. The van der Waals surface area contributed by atoms with E-state index >= 15 is 0 Å². The molecule has 1 aliphatic heterocycles. The number of sulfone groups is 1. The van der Waals surface area contributed by atoms with Gasteiger partial charge in [-0.15, -0.1) is 0 Å². The summed E-state index contributed by atoms with van der Waals surface area (Å²) in [6, 6.07) is 5.24. The van der Waals surface area contributed by atoms with Crippen LogP contribution >= 0.6 is 11.6 Å². The standard InChI is InChI=1S/C15H19ClN2O3S/c1-10-9-22(20,21)7-6-18(10)15(19)17-14-5-2-11-8-12(16)3-4-13(11)14/h3-4,8,10,14H,2,5-7,9H2,1H3,(H,17,19)/t10-,14+/m1/s1. The van der Waals surface area contributed by atoms with Gasteiger partial charge in [-0.25, -0.2) is 13.2 Å². The van der Waals surface area contributed by atoms with E-state index < -0.39 is 9.84 Å². The van der Waals surface area contributed by atoms with Gasteiger partial charge in [0.2, 0.25) is 0 Å². The summed E-state index contributed by atoms with van der Waals surface area (Å²) in [5.41, 5.74) is 2.28. The van der Waals surface area contributed by atoms with Crippen LogP contribution < -0.4 is 5.32 Å². The molecule has 3 rings (SSSR count). The van der Waals surface area contributed by atoms with Crippen molar-refractivity contribution in [2.45, 2.75) is 31.8 Å². The number of amides is 2. The molecule has 1 aromatic rings. The monoisotopic (exact) mass is 342 g/mol. The maximum atomic E-state index is 12.4. The quantitative estimate of drug-likeness (QED) is 0.850. The van der Waals surface area contributed by atoms with Gasteiger partial charge in [0.25, 0.3) is 0 Å². The Hall–Kier alpha value is -1.27. The van der Waals surface area contributed by atoms with Gasteiger partial charge in [0.15, 0.2) is 9.84 Å². The second-order valence-corrected chi connectivity index (χ2v) is 8.71. The summed E-state index contributed by atoms with van der Waals surface area (Å²) < 4.78 is 23.2. The van der Waals surface area contributed by atoms with Crippen LogP contribution in [0.2, 0.25) is 5.02 Å². The van der Waals surface area contributed by atoms with E-state index in [-0.39, 0.29) is 36.2 Å². The molecule has 22 heavy (non-hydrogen) atoms. The highest BCUT2D eigenvalue weighted by molar-refractivity contribution is 7.91. The van der Waals surface area contributed by atoms with Crippen molar-refractivity contribution in [1.29, 1.82) is 0 Å². The van der Waals surface area contributed by atoms with Crippen LogP contribution in [0.5, 0.6) is 0 Å². The number of halogens is 1. The highest BCUT2D eigenvalue weighted by Crippen LogP contribution is 2.33. The van der Waals surface area contributed by atoms with E-state index in [0.29, 0.717) is 5.02 Å². The molecule has 0 saturated carbocycles. The minimum atomic E-state index is -3.02. The van der Waals surface area contributed by atoms with E-state index in [1.54, 1.807) is 11.8 Å². The molecule has 7 heteroatoms. The van der Waals surface area contributed by atoms with Gasteiger partial charge >= 0.3 is 6.03 Å². The second kappa shape index (κ2) is 5.74. The van der Waals surface area contributed by atoms with E-state index in [9.17, 15) is 13.2 Å². The van der Waals surface area contributed by atoms with E-state index in [1.165, 1.54) is 5.56 Å². The molecule has 1 aliphatic carbocycles. The van der Waals surface area contributed by atoms with Crippen molar-refractivity contribution in [3.63, 3.8) is 0 Å². The number of hydrogen-bond donors (Lipinski definition) is 1. The average molecular weight is 343 g/mol. The van der Waals surface area contributed by atoms with Crippen LogP contribution in [-0.2, 0) is 16.3 Å². The molecule has 1 heterocycles. The third-order valence-electron chi connectivity index (χ3n) is 4.41. The summed E-state index contributed by atoms with van der Waals surface area (Å²) in [7, 11) is -3.02. The van der Waals surface area contributed by atoms with Crippen LogP contribution in [0, 0.1) is 0 Å². The number of urea groups is 1. The molecule has 120 valence electrons. The molecule has 0 unspecified atom stereocenters. The van der Waals surface area contributed by atoms with Crippen molar-refractivity contribution in [2.24, 2.45) is 0 Å². The number of rotatable bonds is 1. The minimum absolute atomic E-state index is 0.0227. The van der Waals surface area contributed by atoms with Gasteiger partial charge in [-0.05, 0) is 43.0 Å². The van der Waals surface area contributed by atoms with Gasteiger partial charge < -0.3 is 10.2 Å². The fourth-order valence-electron chi connectivity index (χ4n) is 3.27. The first kappa shape index (κ1) is 15.6. The summed E-state index contributed by atoms with van der Waals surface area (Å²) in [4.78, 5) is 14.1. The van der Waals surface area contributed by atoms with Crippen molar-refractivity contribution in [3.05, 3.63) is 34.3 Å². The SMILES string of the molecule is C[C@@H]1CS(=O)(=O)CCN1C(=O)N[C@H]1CCc2cc(Cl)ccc21. The number of nitrogens with zero attached hydrogens (tertiary/aromatic N) is 1. The number of carbonyl (C=O) groups excluding carboxylic acids is 1. The maximum Gasteiger partial charge on any atom is 0.318 e. The Morgan fingerprint density at radius 3 is 2.91 bits per heavy atom. The summed E-state index contributed by atoms with van der Waals surface area (Å²) >= 11 is 5.99. The van der Waals surface area contributed by atoms with Gasteiger partial charge in [0.05, 0.1) is 17.5 Å². The van der Waals surface area contributed by atoms with Crippen LogP contribution in [0.1, 0.15) is 30.5 Å². The van der Waals surface area contributed by atoms with Gasteiger partial charge in [0, 0.05) is 17.6 Å². The van der Waals surface area contributed by atoms with Crippen molar-refractivity contribution < 1.29 is 13.2 Å². The van der Waals surface area contributed by atoms with Gasteiger partial charge in [0.1, 0.15) is 0 Å². The summed E-state index contributed by atoms with van der Waals surface area (Å²) in [6.07, 6.45) is 1.74. The number of fused-ring (bicyclic) bond motifs is 1. The lowest BCUT2D eigenvalue weighted by atomic mass is 10.1. The smallest absolute Gasteiger partial charge is 0.318 e. The Morgan fingerprint density at radius 2 is 2.18 bits per heavy atom. The first-order valence-corrected chi connectivity index (χ1v) is 9.61. The lowest BCUT2D eigenvalue weighted by Gasteiger charge is -2.34. The third-order valence-corrected chi connectivity index (χ3v) is 6.44. The normalized spacial score (nSPS) is 26.5. The maximum absolute atomic E-state index is 12.4. The van der Waals surface area contributed by atoms with Gasteiger partial charge in [-0.2, -0.15) is 0 Å². The Morgan fingerprint density at radius 1 is 1.41 bits per heavy atom. The third kappa shape index (κ3) is 3.08. The largest absolute Gasteiger partial charge is 0.331 e. The molecule has 2 aliphatic rings. The molecule has 2 amide bonds. The lowest BCUT2D eigenvalue weighted by Crippen LogP contribution is -2.53. The average Bonchev–Trinajstić information content (AvgIpc) is 2.79. The summed E-state index contributed by atoms with van der Waals surface area (Å²) in [5, 5.41) is 3.74. The lowest BCUT2D eigenvalue weighted by molar-refractivity contribution is 0.181. The molecule has 0 spiro atoms. The fraction of sp³-hybridized carbons (Fsp3) is 0.533. The Labute approximate surface area is 135 Å². The van der Waals surface area contributed by atoms with Crippen molar-refractivity contribution in [3.8, 4) is 0 Å². The number of aryl methyl sites for hydroxylation is 1. The Kier molecular flexibility index (Phi) is 4.07. The van der Waals surface area contributed by atoms with Crippen LogP contribution in [0.25, 0.3) is 0 Å². The topological polar surface area (TPSA) is 66.5 Å². The van der Waals surface area contributed by atoms with Gasteiger partial charge in [-0.3, -0.25) is 0 Å². The molecule has 0 aromatic heterocycles. The van der Waals surface area contributed by atoms with Crippen LogP contribution in [0.4, 0.5) is 4.79 Å². The molecule has 1 saturated heterocycles. The van der Waals surface area contributed by atoms with E-state index in [4.69, 9.17) is 11.6 Å². The summed E-state index contributed by atoms with van der Waals surface area (Å²) in [5.74, 6) is 0.0822. The van der Waals surface area contributed by atoms with Crippen molar-refractivity contribution >= 4 is 27.5 Å². The highest BCUT2D eigenvalue weighted by Gasteiger charge is 2.33. The fourth-order valence-corrected chi connectivity index (χ4v) is 5.02. The van der Waals surface area contributed by atoms with Crippen LogP contribution in [-0.4, -0.2) is 43.4 Å². The van der Waals surface area contributed by atoms with Gasteiger partial charge in [-0.1, -0.05) is 17.7 Å². The first-order chi connectivity index (χ1) is 10.4. The number of nitrogens with one attached hydrogen (secondary N) is 1. The molecule has 2 atom stereocenters. The molecule has 5 nitrogen and oxygen atoms in total. The van der Waals surface area contributed by atoms with Crippen molar-refractivity contribution in [2.75, 3.05) is 18.1 Å². The van der Waals surface area contributed by atoms with Crippen molar-refractivity contribution in [1.82, 2.24) is 10.2 Å². The first-order valence-electron chi connectivity index (χ1n) is 7.41. The predicted octanol–water partition coefficient (Wildman–Crippen LogP) is 2.16. The second-order valence-electron chi connectivity index (χ2n) is 6.04. The number of hydrogen-bond acceptors (Lipinski definition) is 3. The summed E-state index contributed by atoms with van der Waals surface area (Å²) in [6.45, 7) is 2.04. The number of benzene rings is 1. The predicted molar refractivity (Wildman–Crippen MR) is 85.9 cm³/mol. The molecule has 1 fully saturated rings. The molecule has 0 bridgehead atoms. The van der Waals surface area contributed by atoms with E-state index in [0.717, 1.165) is 18.4 Å². The highest BCUT2D eigenvalue weighted by atomic mass is 35.5. The molecular weight excluding hydrogens is 324 g/mol. The zero-order valence-corrected chi connectivity index (χ0v) is 14.0. The molecular formula is C15H19ClN2O3S. The Bertz CT molecular complexity index is 705. The molecule has 1 N–H and O–H groups in total. The van der Waals surface area contributed by atoms with Crippen LogP contribution in [0.3, 0.4) is 0 Å². The minimum Gasteiger partial charge on any atom is -0.331 e.